The average Bonchev–Trinajstić information content (AvgIpc) is 2.86. The highest BCUT2D eigenvalue weighted by molar-refractivity contribution is 6.31. The van der Waals surface area contributed by atoms with Gasteiger partial charge in [-0.3, -0.25) is 14.5 Å². The molecule has 2 amide bonds. The van der Waals surface area contributed by atoms with Crippen molar-refractivity contribution in [3.63, 3.8) is 0 Å². The molecule has 1 unspecified atom stereocenters. The van der Waals surface area contributed by atoms with Crippen LogP contribution < -0.4 is 5.32 Å². The molecular weight excluding hydrogens is 441 g/mol. The summed E-state index contributed by atoms with van der Waals surface area (Å²) in [5.74, 6) is -1.07. The second kappa shape index (κ2) is 10.6. The molecule has 5 nitrogen and oxygen atoms in total. The first-order valence-electron chi connectivity index (χ1n) is 10.9. The molecule has 170 valence electrons. The van der Waals surface area contributed by atoms with E-state index in [-0.39, 0.29) is 17.4 Å². The van der Waals surface area contributed by atoms with E-state index in [1.54, 1.807) is 4.90 Å². The van der Waals surface area contributed by atoms with Crippen LogP contribution in [0.25, 0.3) is 0 Å². The number of nitrogens with zero attached hydrogens (tertiary/aromatic N) is 2. The van der Waals surface area contributed by atoms with Gasteiger partial charge in [0, 0.05) is 37.7 Å². The van der Waals surface area contributed by atoms with Crippen LogP contribution in [0, 0.1) is 5.82 Å². The molecule has 0 aliphatic carbocycles. The lowest BCUT2D eigenvalue weighted by Gasteiger charge is -2.39. The summed E-state index contributed by atoms with van der Waals surface area (Å²) in [6.07, 6.45) is 0. The van der Waals surface area contributed by atoms with Crippen molar-refractivity contribution in [3.8, 4) is 0 Å². The third-order valence-corrected chi connectivity index (χ3v) is 6.03. The Bertz CT molecular complexity index is 1100. The molecular formula is C26H25ClFN3O2. The molecule has 0 spiro atoms. The predicted octanol–water partition coefficient (Wildman–Crippen LogP) is 4.29. The molecule has 0 radical (unpaired) electrons. The molecule has 1 aliphatic heterocycles. The fourth-order valence-corrected chi connectivity index (χ4v) is 4.23. The van der Waals surface area contributed by atoms with Crippen LogP contribution in [-0.2, 0) is 11.3 Å². The summed E-state index contributed by atoms with van der Waals surface area (Å²) in [7, 11) is 0. The van der Waals surface area contributed by atoms with Crippen LogP contribution in [0.3, 0.4) is 0 Å². The second-order valence-electron chi connectivity index (χ2n) is 7.97. The predicted molar refractivity (Wildman–Crippen MR) is 126 cm³/mol. The van der Waals surface area contributed by atoms with Gasteiger partial charge >= 0.3 is 0 Å². The van der Waals surface area contributed by atoms with Crippen molar-refractivity contribution in [2.75, 3.05) is 26.2 Å². The summed E-state index contributed by atoms with van der Waals surface area (Å²) in [6, 6.07) is 22.9. The van der Waals surface area contributed by atoms with Crippen LogP contribution in [0.4, 0.5) is 4.39 Å². The Morgan fingerprint density at radius 1 is 0.909 bits per heavy atom. The SMILES string of the molecule is O=C(NCc1ccccc1)C(c1ccccc1)N1CCN(C(=O)c2cc(Cl)ccc2F)CC1. The Morgan fingerprint density at radius 2 is 1.55 bits per heavy atom. The summed E-state index contributed by atoms with van der Waals surface area (Å²) in [5, 5.41) is 3.36. The minimum absolute atomic E-state index is 0.0313. The average molecular weight is 466 g/mol. The van der Waals surface area contributed by atoms with E-state index in [2.05, 4.69) is 10.2 Å². The van der Waals surface area contributed by atoms with Crippen molar-refractivity contribution in [3.05, 3.63) is 106 Å². The van der Waals surface area contributed by atoms with Crippen LogP contribution in [0.2, 0.25) is 5.02 Å². The van der Waals surface area contributed by atoms with Crippen molar-refractivity contribution in [2.45, 2.75) is 12.6 Å². The number of hydrogen-bond donors (Lipinski definition) is 1. The van der Waals surface area contributed by atoms with Crippen molar-refractivity contribution in [1.29, 1.82) is 0 Å². The summed E-state index contributed by atoms with van der Waals surface area (Å²) in [4.78, 5) is 29.7. The molecule has 33 heavy (non-hydrogen) atoms. The number of rotatable bonds is 6. The maximum absolute atomic E-state index is 14.2. The number of hydrogen-bond acceptors (Lipinski definition) is 3. The number of piperazine rings is 1. The largest absolute Gasteiger partial charge is 0.350 e. The van der Waals surface area contributed by atoms with Crippen LogP contribution >= 0.6 is 11.6 Å². The molecule has 3 aromatic carbocycles. The van der Waals surface area contributed by atoms with Gasteiger partial charge in [0.1, 0.15) is 11.9 Å². The van der Waals surface area contributed by atoms with E-state index in [0.717, 1.165) is 11.1 Å². The zero-order valence-corrected chi connectivity index (χ0v) is 18.8. The molecule has 1 atom stereocenters. The van der Waals surface area contributed by atoms with Gasteiger partial charge in [-0.25, -0.2) is 4.39 Å². The number of halogens is 2. The maximum Gasteiger partial charge on any atom is 0.256 e. The number of nitrogens with one attached hydrogen (secondary N) is 1. The van der Waals surface area contributed by atoms with Gasteiger partial charge in [0.2, 0.25) is 5.91 Å². The minimum Gasteiger partial charge on any atom is -0.350 e. The quantitative estimate of drug-likeness (QED) is 0.590. The third-order valence-electron chi connectivity index (χ3n) is 5.80. The molecule has 0 aromatic heterocycles. The molecule has 1 heterocycles. The smallest absolute Gasteiger partial charge is 0.256 e. The lowest BCUT2D eigenvalue weighted by molar-refractivity contribution is -0.127. The Balaban J connectivity index is 1.45. The van der Waals surface area contributed by atoms with Gasteiger partial charge < -0.3 is 10.2 Å². The summed E-state index contributed by atoms with van der Waals surface area (Å²) >= 11 is 5.95. The third kappa shape index (κ3) is 5.59. The van der Waals surface area contributed by atoms with Gasteiger partial charge in [-0.15, -0.1) is 0 Å². The van der Waals surface area contributed by atoms with E-state index in [1.807, 2.05) is 60.7 Å². The topological polar surface area (TPSA) is 52.7 Å². The summed E-state index contributed by atoms with van der Waals surface area (Å²) in [6.45, 7) is 2.20. The van der Waals surface area contributed by atoms with E-state index in [0.29, 0.717) is 37.7 Å². The molecule has 0 bridgehead atoms. The van der Waals surface area contributed by atoms with E-state index in [9.17, 15) is 14.0 Å². The summed E-state index contributed by atoms with van der Waals surface area (Å²) in [5.41, 5.74) is 1.89. The zero-order valence-electron chi connectivity index (χ0n) is 18.1. The number of amides is 2. The fraction of sp³-hybridized carbons (Fsp3) is 0.231. The van der Waals surface area contributed by atoms with E-state index in [4.69, 9.17) is 11.6 Å². The first-order chi connectivity index (χ1) is 16.0. The van der Waals surface area contributed by atoms with Gasteiger partial charge in [0.25, 0.3) is 5.91 Å². The van der Waals surface area contributed by atoms with Crippen LogP contribution in [0.1, 0.15) is 27.5 Å². The number of carbonyl (C=O) groups excluding carboxylic acids is 2. The first kappa shape index (κ1) is 23.0. The highest BCUT2D eigenvalue weighted by atomic mass is 35.5. The highest BCUT2D eigenvalue weighted by Gasteiger charge is 2.32. The van der Waals surface area contributed by atoms with E-state index < -0.39 is 11.9 Å². The minimum atomic E-state index is -0.589. The van der Waals surface area contributed by atoms with Crippen molar-refractivity contribution in [1.82, 2.24) is 15.1 Å². The lowest BCUT2D eigenvalue weighted by atomic mass is 10.0. The molecule has 1 aliphatic rings. The van der Waals surface area contributed by atoms with Crippen LogP contribution in [0.5, 0.6) is 0 Å². The number of carbonyl (C=O) groups is 2. The second-order valence-corrected chi connectivity index (χ2v) is 8.41. The Labute approximate surface area is 197 Å². The van der Waals surface area contributed by atoms with Gasteiger partial charge in [0.05, 0.1) is 5.56 Å². The molecule has 1 saturated heterocycles. The highest BCUT2D eigenvalue weighted by Crippen LogP contribution is 2.24. The van der Waals surface area contributed by atoms with E-state index in [1.165, 1.54) is 18.2 Å². The molecule has 1 fully saturated rings. The molecule has 4 rings (SSSR count). The first-order valence-corrected chi connectivity index (χ1v) is 11.3. The van der Waals surface area contributed by atoms with Gasteiger partial charge in [-0.05, 0) is 29.3 Å². The zero-order chi connectivity index (χ0) is 23.2. The van der Waals surface area contributed by atoms with Gasteiger partial charge in [-0.2, -0.15) is 0 Å². The Morgan fingerprint density at radius 3 is 2.21 bits per heavy atom. The monoisotopic (exact) mass is 465 g/mol. The van der Waals surface area contributed by atoms with Gasteiger partial charge in [0.15, 0.2) is 0 Å². The van der Waals surface area contributed by atoms with Crippen molar-refractivity contribution >= 4 is 23.4 Å². The van der Waals surface area contributed by atoms with Crippen molar-refractivity contribution < 1.29 is 14.0 Å². The lowest BCUT2D eigenvalue weighted by Crippen LogP contribution is -2.52. The Hall–Kier alpha value is -3.22. The fourth-order valence-electron chi connectivity index (χ4n) is 4.06. The van der Waals surface area contributed by atoms with Crippen molar-refractivity contribution in [2.24, 2.45) is 0 Å². The molecule has 0 saturated carbocycles. The van der Waals surface area contributed by atoms with Crippen LogP contribution in [0.15, 0.2) is 78.9 Å². The Kier molecular flexibility index (Phi) is 7.37. The van der Waals surface area contributed by atoms with Crippen LogP contribution in [-0.4, -0.2) is 47.8 Å². The van der Waals surface area contributed by atoms with E-state index >= 15 is 0 Å². The standard InChI is InChI=1S/C26H25ClFN3O2/c27-21-11-12-23(28)22(17-21)26(33)31-15-13-30(14-16-31)24(20-9-5-2-6-10-20)25(32)29-18-19-7-3-1-4-8-19/h1-12,17,24H,13-16,18H2,(H,29,32). The van der Waals surface area contributed by atoms with Gasteiger partial charge in [-0.1, -0.05) is 72.3 Å². The molecule has 7 heteroatoms. The maximum atomic E-state index is 14.2. The molecule has 1 N–H and O–H groups in total. The number of benzene rings is 3. The summed E-state index contributed by atoms with van der Waals surface area (Å²) < 4.78 is 14.2. The molecule has 3 aromatic rings. The normalized spacial score (nSPS) is 15.2.